The van der Waals surface area contributed by atoms with Gasteiger partial charge in [0.15, 0.2) is 0 Å². The average Bonchev–Trinajstić information content (AvgIpc) is 2.40. The Hall–Kier alpha value is -1.52. The fraction of sp³-hybridized carbons (Fsp3) is 0.375. The Bertz CT molecular complexity index is 402. The van der Waals surface area contributed by atoms with Gasteiger partial charge in [0.1, 0.15) is 0 Å². The lowest BCUT2D eigenvalue weighted by Crippen LogP contribution is -2.22. The van der Waals surface area contributed by atoms with Crippen LogP contribution in [-0.4, -0.2) is 24.5 Å². The van der Waals surface area contributed by atoms with Crippen LogP contribution >= 0.6 is 0 Å². The number of allylic oxidation sites excluding steroid dienone is 2. The lowest BCUT2D eigenvalue weighted by molar-refractivity contribution is 0.342. The molecule has 0 fully saturated rings. The van der Waals surface area contributed by atoms with Crippen LogP contribution in [0, 0.1) is 11.8 Å². The highest BCUT2D eigenvalue weighted by Crippen LogP contribution is 2.12. The molecule has 90 valence electrons. The zero-order valence-electron chi connectivity index (χ0n) is 11.0. The van der Waals surface area contributed by atoms with E-state index in [1.165, 1.54) is 5.56 Å². The predicted molar refractivity (Wildman–Crippen MR) is 75.7 cm³/mol. The van der Waals surface area contributed by atoms with Gasteiger partial charge in [-0.1, -0.05) is 62.1 Å². The van der Waals surface area contributed by atoms with E-state index in [0.29, 0.717) is 0 Å². The van der Waals surface area contributed by atoms with E-state index in [2.05, 4.69) is 48.8 Å². The SMILES string of the molecule is CC=C(C#CCN(CC)CC)c1ccccc1. The Morgan fingerprint density at radius 2 is 1.82 bits per heavy atom. The summed E-state index contributed by atoms with van der Waals surface area (Å²) < 4.78 is 0. The van der Waals surface area contributed by atoms with Gasteiger partial charge in [-0.05, 0) is 25.6 Å². The first-order chi connectivity index (χ1) is 8.31. The van der Waals surface area contributed by atoms with Crippen molar-refractivity contribution < 1.29 is 0 Å². The molecule has 1 rings (SSSR count). The summed E-state index contributed by atoms with van der Waals surface area (Å²) in [5.41, 5.74) is 2.31. The van der Waals surface area contributed by atoms with Crippen molar-refractivity contribution in [2.24, 2.45) is 0 Å². The maximum atomic E-state index is 3.25. The predicted octanol–water partition coefficient (Wildman–Crippen LogP) is 3.44. The summed E-state index contributed by atoms with van der Waals surface area (Å²) in [6.45, 7) is 9.33. The maximum absolute atomic E-state index is 3.25. The first-order valence-corrected chi connectivity index (χ1v) is 6.24. The van der Waals surface area contributed by atoms with Crippen LogP contribution in [0.3, 0.4) is 0 Å². The van der Waals surface area contributed by atoms with Crippen LogP contribution in [0.15, 0.2) is 36.4 Å². The fourth-order valence-electron chi connectivity index (χ4n) is 1.62. The van der Waals surface area contributed by atoms with Gasteiger partial charge in [0.2, 0.25) is 0 Å². The van der Waals surface area contributed by atoms with E-state index in [9.17, 15) is 0 Å². The summed E-state index contributed by atoms with van der Waals surface area (Å²) in [6.07, 6.45) is 2.07. The normalized spacial score (nSPS) is 11.2. The van der Waals surface area contributed by atoms with Gasteiger partial charge < -0.3 is 0 Å². The second kappa shape index (κ2) is 7.70. The van der Waals surface area contributed by atoms with Crippen molar-refractivity contribution in [3.63, 3.8) is 0 Å². The zero-order chi connectivity index (χ0) is 12.5. The van der Waals surface area contributed by atoms with E-state index in [1.54, 1.807) is 0 Å². The van der Waals surface area contributed by atoms with Crippen LogP contribution in [0.4, 0.5) is 0 Å². The minimum atomic E-state index is 0.844. The largest absolute Gasteiger partial charge is 0.293 e. The van der Waals surface area contributed by atoms with Gasteiger partial charge >= 0.3 is 0 Å². The van der Waals surface area contributed by atoms with E-state index in [1.807, 2.05) is 25.1 Å². The molecule has 0 saturated carbocycles. The minimum Gasteiger partial charge on any atom is -0.293 e. The Kier molecular flexibility index (Phi) is 6.14. The van der Waals surface area contributed by atoms with Gasteiger partial charge in [-0.2, -0.15) is 0 Å². The van der Waals surface area contributed by atoms with Gasteiger partial charge in [0.25, 0.3) is 0 Å². The first kappa shape index (κ1) is 13.5. The molecule has 1 aromatic rings. The molecule has 1 heteroatoms. The summed E-state index contributed by atoms with van der Waals surface area (Å²) in [7, 11) is 0. The number of hydrogen-bond donors (Lipinski definition) is 0. The van der Waals surface area contributed by atoms with Gasteiger partial charge in [0, 0.05) is 5.57 Å². The highest BCUT2D eigenvalue weighted by molar-refractivity contribution is 5.78. The summed E-state index contributed by atoms with van der Waals surface area (Å²) in [5, 5.41) is 0. The number of hydrogen-bond acceptors (Lipinski definition) is 1. The van der Waals surface area contributed by atoms with Crippen LogP contribution in [0.25, 0.3) is 5.57 Å². The fourth-order valence-corrected chi connectivity index (χ4v) is 1.62. The molecule has 0 atom stereocenters. The standard InChI is InChI=1S/C16H21N/c1-4-15(16-11-8-7-9-12-16)13-10-14-17(5-2)6-3/h4,7-9,11-12H,5-6,14H2,1-3H3. The molecule has 0 aliphatic heterocycles. The summed E-state index contributed by atoms with van der Waals surface area (Å²) in [4.78, 5) is 2.31. The van der Waals surface area contributed by atoms with E-state index in [-0.39, 0.29) is 0 Å². The smallest absolute Gasteiger partial charge is 0.0605 e. The van der Waals surface area contributed by atoms with E-state index < -0.39 is 0 Å². The van der Waals surface area contributed by atoms with Crippen molar-refractivity contribution in [2.75, 3.05) is 19.6 Å². The van der Waals surface area contributed by atoms with Crippen molar-refractivity contribution in [3.05, 3.63) is 42.0 Å². The highest BCUT2D eigenvalue weighted by atomic mass is 15.1. The lowest BCUT2D eigenvalue weighted by Gasteiger charge is -2.13. The monoisotopic (exact) mass is 227 g/mol. The van der Waals surface area contributed by atoms with Crippen LogP contribution in [0.5, 0.6) is 0 Å². The molecule has 0 aliphatic carbocycles. The van der Waals surface area contributed by atoms with Crippen molar-refractivity contribution in [3.8, 4) is 11.8 Å². The lowest BCUT2D eigenvalue weighted by atomic mass is 10.1. The Balaban J connectivity index is 2.70. The third kappa shape index (κ3) is 4.46. The third-order valence-corrected chi connectivity index (χ3v) is 2.79. The average molecular weight is 227 g/mol. The molecular formula is C16H21N. The molecule has 1 aromatic carbocycles. The van der Waals surface area contributed by atoms with Crippen LogP contribution < -0.4 is 0 Å². The molecule has 17 heavy (non-hydrogen) atoms. The molecule has 0 aliphatic rings. The molecule has 0 heterocycles. The van der Waals surface area contributed by atoms with Crippen molar-refractivity contribution in [2.45, 2.75) is 20.8 Å². The molecular weight excluding hydrogens is 206 g/mol. The molecule has 0 radical (unpaired) electrons. The van der Waals surface area contributed by atoms with Crippen LogP contribution in [0.2, 0.25) is 0 Å². The molecule has 1 nitrogen and oxygen atoms in total. The van der Waals surface area contributed by atoms with Gasteiger partial charge in [-0.25, -0.2) is 0 Å². The van der Waals surface area contributed by atoms with E-state index >= 15 is 0 Å². The topological polar surface area (TPSA) is 3.24 Å². The minimum absolute atomic E-state index is 0.844. The van der Waals surface area contributed by atoms with Gasteiger partial charge in [0.05, 0.1) is 6.54 Å². The Labute approximate surface area is 105 Å². The van der Waals surface area contributed by atoms with Crippen LogP contribution in [-0.2, 0) is 0 Å². The molecule has 0 amide bonds. The quantitative estimate of drug-likeness (QED) is 0.712. The molecule has 0 bridgehead atoms. The molecule has 0 spiro atoms. The third-order valence-electron chi connectivity index (χ3n) is 2.79. The van der Waals surface area contributed by atoms with Gasteiger partial charge in [-0.3, -0.25) is 4.90 Å². The number of rotatable bonds is 4. The Morgan fingerprint density at radius 3 is 2.35 bits per heavy atom. The zero-order valence-corrected chi connectivity index (χ0v) is 11.0. The summed E-state index contributed by atoms with van der Waals surface area (Å²) >= 11 is 0. The molecule has 0 unspecified atom stereocenters. The first-order valence-electron chi connectivity index (χ1n) is 6.24. The second-order valence-electron chi connectivity index (χ2n) is 3.83. The van der Waals surface area contributed by atoms with Crippen molar-refractivity contribution >= 4 is 5.57 Å². The van der Waals surface area contributed by atoms with Gasteiger partial charge in [-0.15, -0.1) is 0 Å². The van der Waals surface area contributed by atoms with Crippen LogP contribution in [0.1, 0.15) is 26.3 Å². The molecule has 0 N–H and O–H groups in total. The molecule has 0 saturated heterocycles. The van der Waals surface area contributed by atoms with E-state index in [0.717, 1.165) is 25.2 Å². The molecule has 0 aromatic heterocycles. The second-order valence-corrected chi connectivity index (χ2v) is 3.83. The summed E-state index contributed by atoms with van der Waals surface area (Å²) in [5.74, 6) is 6.50. The maximum Gasteiger partial charge on any atom is 0.0605 e. The van der Waals surface area contributed by atoms with Crippen molar-refractivity contribution in [1.82, 2.24) is 4.90 Å². The number of nitrogens with zero attached hydrogens (tertiary/aromatic N) is 1. The Morgan fingerprint density at radius 1 is 1.18 bits per heavy atom. The number of benzene rings is 1. The highest BCUT2D eigenvalue weighted by Gasteiger charge is 1.96. The van der Waals surface area contributed by atoms with Crippen molar-refractivity contribution in [1.29, 1.82) is 0 Å². The summed E-state index contributed by atoms with van der Waals surface area (Å²) in [6, 6.07) is 10.3. The van der Waals surface area contributed by atoms with E-state index in [4.69, 9.17) is 0 Å².